The van der Waals surface area contributed by atoms with Gasteiger partial charge in [0.25, 0.3) is 0 Å². The lowest BCUT2D eigenvalue weighted by Gasteiger charge is -2.18. The molecule has 0 heterocycles. The quantitative estimate of drug-likeness (QED) is 0.424. The molecule has 0 aliphatic carbocycles. The van der Waals surface area contributed by atoms with Crippen LogP contribution in [0.5, 0.6) is 0 Å². The molecular weight excluding hydrogens is 266 g/mol. The third kappa shape index (κ3) is 8.41. The predicted octanol–water partition coefficient (Wildman–Crippen LogP) is 4.39. The Morgan fingerprint density at radius 1 is 1.25 bits per heavy atom. The third-order valence-electron chi connectivity index (χ3n) is 2.95. The summed E-state index contributed by atoms with van der Waals surface area (Å²) in [7, 11) is 0. The molecule has 0 bridgehead atoms. The van der Waals surface area contributed by atoms with E-state index in [0.29, 0.717) is 6.04 Å². The molecule has 0 fully saturated rings. The zero-order valence-electron chi connectivity index (χ0n) is 12.8. The van der Waals surface area contributed by atoms with Gasteiger partial charge in [-0.2, -0.15) is 0 Å². The predicted molar refractivity (Wildman–Crippen MR) is 90.2 cm³/mol. The Kier molecular flexibility index (Phi) is 7.97. The highest BCUT2D eigenvalue weighted by Gasteiger charge is 2.09. The second-order valence-electron chi connectivity index (χ2n) is 6.16. The van der Waals surface area contributed by atoms with Gasteiger partial charge in [-0.05, 0) is 42.4 Å². The normalized spacial score (nSPS) is 13.8. The van der Waals surface area contributed by atoms with E-state index in [1.165, 1.54) is 5.56 Å². The molecule has 0 aliphatic heterocycles. The third-order valence-corrected chi connectivity index (χ3v) is 3.42. The van der Waals surface area contributed by atoms with Crippen LogP contribution in [0.1, 0.15) is 32.8 Å². The molecule has 0 saturated heterocycles. The molecule has 1 aromatic rings. The first-order valence-corrected chi connectivity index (χ1v) is 8.18. The van der Waals surface area contributed by atoms with Gasteiger partial charge in [-0.15, -0.1) is 0 Å². The Morgan fingerprint density at radius 3 is 2.55 bits per heavy atom. The van der Waals surface area contributed by atoms with Crippen LogP contribution in [0.25, 0.3) is 0 Å². The molecule has 0 saturated carbocycles. The summed E-state index contributed by atoms with van der Waals surface area (Å²) < 4.78 is 8.75. The minimum Gasteiger partial charge on any atom is -0.330 e. The van der Waals surface area contributed by atoms with E-state index in [2.05, 4.69) is 68.6 Å². The molecule has 112 valence electrons. The van der Waals surface area contributed by atoms with Crippen molar-refractivity contribution in [2.45, 2.75) is 39.7 Å². The average molecular weight is 293 g/mol. The molecule has 0 aliphatic rings. The molecular formula is C17H27NOS. The van der Waals surface area contributed by atoms with Gasteiger partial charge in [-0.1, -0.05) is 63.3 Å². The molecule has 0 radical (unpaired) electrons. The minimum atomic E-state index is 0.206. The average Bonchev–Trinajstić information content (AvgIpc) is 2.41. The number of allylic oxidation sites excluding steroid dienone is 1. The van der Waals surface area contributed by atoms with Crippen molar-refractivity contribution < 1.29 is 4.55 Å². The van der Waals surface area contributed by atoms with Crippen LogP contribution in [0.15, 0.2) is 42.5 Å². The van der Waals surface area contributed by atoms with Crippen molar-refractivity contribution in [3.8, 4) is 0 Å². The van der Waals surface area contributed by atoms with Crippen LogP contribution in [0.3, 0.4) is 0 Å². The Balaban J connectivity index is 2.56. The molecule has 1 atom stereocenters. The van der Waals surface area contributed by atoms with Crippen molar-refractivity contribution in [1.29, 1.82) is 0 Å². The van der Waals surface area contributed by atoms with E-state index in [1.54, 1.807) is 0 Å². The number of rotatable bonds is 8. The molecule has 2 N–H and O–H groups in total. The van der Waals surface area contributed by atoms with E-state index < -0.39 is 0 Å². The van der Waals surface area contributed by atoms with Crippen molar-refractivity contribution in [3.63, 3.8) is 0 Å². The van der Waals surface area contributed by atoms with Gasteiger partial charge in [0.15, 0.2) is 0 Å². The highest BCUT2D eigenvalue weighted by Crippen LogP contribution is 2.16. The lowest BCUT2D eigenvalue weighted by molar-refractivity contribution is 0.528. The molecule has 20 heavy (non-hydrogen) atoms. The van der Waals surface area contributed by atoms with E-state index in [1.807, 2.05) is 0 Å². The molecule has 0 spiro atoms. The molecule has 0 amide bonds. The number of hydrogen-bond donors (Lipinski definition) is 2. The van der Waals surface area contributed by atoms with Crippen molar-refractivity contribution >= 4 is 12.0 Å². The maximum Gasteiger partial charge on any atom is 0.0290 e. The summed E-state index contributed by atoms with van der Waals surface area (Å²) in [5, 5.41) is 3.56. The number of hydrogen-bond acceptors (Lipinski definition) is 3. The van der Waals surface area contributed by atoms with Crippen molar-refractivity contribution in [2.24, 2.45) is 5.41 Å². The monoisotopic (exact) mass is 293 g/mol. The number of benzene rings is 1. The van der Waals surface area contributed by atoms with Gasteiger partial charge in [0.2, 0.25) is 0 Å². The van der Waals surface area contributed by atoms with Gasteiger partial charge in [-0.25, -0.2) is 0 Å². The first kappa shape index (κ1) is 17.3. The molecule has 0 aromatic heterocycles. The zero-order valence-corrected chi connectivity index (χ0v) is 13.6. The van der Waals surface area contributed by atoms with E-state index in [4.69, 9.17) is 4.55 Å². The van der Waals surface area contributed by atoms with Gasteiger partial charge >= 0.3 is 0 Å². The van der Waals surface area contributed by atoms with Gasteiger partial charge < -0.3 is 9.87 Å². The molecule has 3 heteroatoms. The smallest absolute Gasteiger partial charge is 0.0290 e. The van der Waals surface area contributed by atoms with Crippen LogP contribution in [0, 0.1) is 5.41 Å². The fourth-order valence-electron chi connectivity index (χ4n) is 1.91. The van der Waals surface area contributed by atoms with Crippen LogP contribution in [-0.2, 0) is 6.42 Å². The highest BCUT2D eigenvalue weighted by molar-refractivity contribution is 7.93. The maximum absolute atomic E-state index is 8.75. The summed E-state index contributed by atoms with van der Waals surface area (Å²) in [5.74, 6) is 0.786. The van der Waals surface area contributed by atoms with Crippen LogP contribution >= 0.6 is 12.0 Å². The van der Waals surface area contributed by atoms with E-state index in [-0.39, 0.29) is 5.41 Å². The molecule has 1 aromatic carbocycles. The minimum absolute atomic E-state index is 0.206. The Hall–Kier alpha value is -0.770. The van der Waals surface area contributed by atoms with Crippen LogP contribution in [-0.4, -0.2) is 22.9 Å². The van der Waals surface area contributed by atoms with Crippen molar-refractivity contribution in [2.75, 3.05) is 12.3 Å². The summed E-state index contributed by atoms with van der Waals surface area (Å²) in [6, 6.07) is 10.9. The van der Waals surface area contributed by atoms with Gasteiger partial charge in [0.05, 0.1) is 0 Å². The Morgan fingerprint density at radius 2 is 1.95 bits per heavy atom. The zero-order chi connectivity index (χ0) is 14.8. The number of nitrogens with one attached hydrogen (secondary N) is 1. The van der Waals surface area contributed by atoms with Crippen molar-refractivity contribution in [3.05, 3.63) is 48.0 Å². The summed E-state index contributed by atoms with van der Waals surface area (Å²) in [6.07, 6.45) is 6.53. The van der Waals surface area contributed by atoms with Crippen LogP contribution < -0.4 is 5.32 Å². The summed E-state index contributed by atoms with van der Waals surface area (Å²) in [6.45, 7) is 7.57. The Labute approximate surface area is 127 Å². The summed E-state index contributed by atoms with van der Waals surface area (Å²) >= 11 is 0.917. The lowest BCUT2D eigenvalue weighted by Crippen LogP contribution is -2.30. The summed E-state index contributed by atoms with van der Waals surface area (Å²) in [4.78, 5) is 0. The lowest BCUT2D eigenvalue weighted by atomic mass is 9.94. The first-order chi connectivity index (χ1) is 9.51. The van der Waals surface area contributed by atoms with Gasteiger partial charge in [0.1, 0.15) is 0 Å². The SMILES string of the molecule is CC(C)(C)/C=C/C(Cc1ccccc1)NCCCSO. The largest absolute Gasteiger partial charge is 0.330 e. The highest BCUT2D eigenvalue weighted by atomic mass is 32.2. The molecule has 1 unspecified atom stereocenters. The standard InChI is InChI=1S/C17H27NOS/c1-17(2,3)11-10-16(18-12-7-13-20-19)14-15-8-5-4-6-9-15/h4-6,8-11,16,18-19H,7,12-14H2,1-3H3/b11-10+. The van der Waals surface area contributed by atoms with Gasteiger partial charge in [0, 0.05) is 11.8 Å². The second-order valence-corrected chi connectivity index (χ2v) is 6.83. The van der Waals surface area contributed by atoms with Crippen LogP contribution in [0.4, 0.5) is 0 Å². The van der Waals surface area contributed by atoms with Crippen molar-refractivity contribution in [1.82, 2.24) is 5.32 Å². The molecule has 2 nitrogen and oxygen atoms in total. The first-order valence-electron chi connectivity index (χ1n) is 7.24. The van der Waals surface area contributed by atoms with Crippen LogP contribution in [0.2, 0.25) is 0 Å². The van der Waals surface area contributed by atoms with E-state index >= 15 is 0 Å². The fraction of sp³-hybridized carbons (Fsp3) is 0.529. The van der Waals surface area contributed by atoms with E-state index in [0.717, 1.165) is 37.2 Å². The summed E-state index contributed by atoms with van der Waals surface area (Å²) in [5.41, 5.74) is 1.55. The second kappa shape index (κ2) is 9.22. The maximum atomic E-state index is 8.75. The Bertz CT molecular complexity index is 384. The van der Waals surface area contributed by atoms with Gasteiger partial charge in [-0.3, -0.25) is 0 Å². The van der Waals surface area contributed by atoms with E-state index in [9.17, 15) is 0 Å². The topological polar surface area (TPSA) is 32.3 Å². The fourth-order valence-corrected chi connectivity index (χ4v) is 2.18. The molecule has 1 rings (SSSR count).